The summed E-state index contributed by atoms with van der Waals surface area (Å²) in [4.78, 5) is 12.7. The van der Waals surface area contributed by atoms with Gasteiger partial charge in [-0.2, -0.15) is 0 Å². The summed E-state index contributed by atoms with van der Waals surface area (Å²) in [5.41, 5.74) is 1.01. The second kappa shape index (κ2) is 5.09. The van der Waals surface area contributed by atoms with Gasteiger partial charge in [0.25, 0.3) is 0 Å². The van der Waals surface area contributed by atoms with Crippen molar-refractivity contribution in [2.24, 2.45) is 0 Å². The van der Waals surface area contributed by atoms with Gasteiger partial charge in [-0.15, -0.1) is 11.3 Å². The number of hydrogen-bond donors (Lipinski definition) is 2. The fourth-order valence-corrected chi connectivity index (χ4v) is 2.21. The van der Waals surface area contributed by atoms with E-state index in [0.717, 1.165) is 22.2 Å². The van der Waals surface area contributed by atoms with Crippen molar-refractivity contribution in [2.75, 3.05) is 17.7 Å². The molecule has 0 saturated heterocycles. The number of rotatable bonds is 4. The van der Waals surface area contributed by atoms with Gasteiger partial charge in [0.1, 0.15) is 23.0 Å². The molecule has 0 aliphatic rings. The first-order valence-electron chi connectivity index (χ1n) is 5.37. The average Bonchev–Trinajstić information content (AvgIpc) is 2.85. The Morgan fingerprint density at radius 1 is 1.24 bits per heavy atom. The van der Waals surface area contributed by atoms with Crippen LogP contribution in [0.15, 0.2) is 17.9 Å². The molecule has 0 bridgehead atoms. The van der Waals surface area contributed by atoms with Crippen LogP contribution >= 0.6 is 11.3 Å². The van der Waals surface area contributed by atoms with Gasteiger partial charge in [-0.3, -0.25) is 0 Å². The number of aromatic nitrogens is 3. The van der Waals surface area contributed by atoms with Gasteiger partial charge in [-0.1, -0.05) is 0 Å². The number of thiazole rings is 1. The van der Waals surface area contributed by atoms with Crippen molar-refractivity contribution in [1.82, 2.24) is 15.0 Å². The van der Waals surface area contributed by atoms with Crippen molar-refractivity contribution < 1.29 is 0 Å². The molecular formula is C11H15N5S. The minimum absolute atomic E-state index is 0.147. The van der Waals surface area contributed by atoms with Gasteiger partial charge in [-0.25, -0.2) is 15.0 Å². The van der Waals surface area contributed by atoms with Crippen LogP contribution in [0.1, 0.15) is 23.5 Å². The Bertz CT molecular complexity index is 483. The van der Waals surface area contributed by atoms with E-state index in [1.165, 1.54) is 0 Å². The van der Waals surface area contributed by atoms with Gasteiger partial charge in [-0.05, 0) is 13.8 Å². The fraction of sp³-hybridized carbons (Fsp3) is 0.364. The zero-order chi connectivity index (χ0) is 12.3. The molecule has 1 atom stereocenters. The van der Waals surface area contributed by atoms with Crippen molar-refractivity contribution in [1.29, 1.82) is 0 Å². The molecule has 0 aliphatic carbocycles. The molecule has 2 heterocycles. The summed E-state index contributed by atoms with van der Waals surface area (Å²) in [7, 11) is 1.85. The summed E-state index contributed by atoms with van der Waals surface area (Å²) in [6.07, 6.45) is 3.36. The summed E-state index contributed by atoms with van der Waals surface area (Å²) >= 11 is 1.63. The topological polar surface area (TPSA) is 62.7 Å². The number of nitrogens with zero attached hydrogens (tertiary/aromatic N) is 3. The molecule has 6 heteroatoms. The molecule has 0 spiro atoms. The van der Waals surface area contributed by atoms with Crippen LogP contribution in [0.3, 0.4) is 0 Å². The zero-order valence-corrected chi connectivity index (χ0v) is 10.9. The lowest BCUT2D eigenvalue weighted by atomic mass is 10.2. The highest BCUT2D eigenvalue weighted by Crippen LogP contribution is 2.23. The van der Waals surface area contributed by atoms with Gasteiger partial charge >= 0.3 is 0 Å². The summed E-state index contributed by atoms with van der Waals surface area (Å²) < 4.78 is 0. The standard InChI is InChI=1S/C11H15N5S/c1-7-9(12-3)14-6-15-10(7)16-8(2)11-13-4-5-17-11/h4-6,8H,1-3H3,(H2,12,14,15,16). The molecule has 1 unspecified atom stereocenters. The van der Waals surface area contributed by atoms with Crippen molar-refractivity contribution in [2.45, 2.75) is 19.9 Å². The Hall–Kier alpha value is -1.69. The lowest BCUT2D eigenvalue weighted by molar-refractivity contribution is 0.855. The van der Waals surface area contributed by atoms with Crippen LogP contribution in [0, 0.1) is 6.92 Å². The molecular weight excluding hydrogens is 234 g/mol. The third-order valence-corrected chi connectivity index (χ3v) is 3.45. The van der Waals surface area contributed by atoms with Gasteiger partial charge in [0.05, 0.1) is 6.04 Å². The van der Waals surface area contributed by atoms with Crippen LogP contribution in [0.2, 0.25) is 0 Å². The first kappa shape index (κ1) is 11.8. The summed E-state index contributed by atoms with van der Waals surface area (Å²) in [6, 6.07) is 0.147. The Kier molecular flexibility index (Phi) is 3.53. The van der Waals surface area contributed by atoms with Crippen LogP contribution in [0.4, 0.5) is 11.6 Å². The highest BCUT2D eigenvalue weighted by molar-refractivity contribution is 7.09. The van der Waals surface area contributed by atoms with E-state index >= 15 is 0 Å². The molecule has 2 N–H and O–H groups in total. The monoisotopic (exact) mass is 249 g/mol. The predicted molar refractivity (Wildman–Crippen MR) is 70.5 cm³/mol. The Morgan fingerprint density at radius 3 is 2.65 bits per heavy atom. The lowest BCUT2D eigenvalue weighted by Gasteiger charge is -2.15. The van der Waals surface area contributed by atoms with Crippen molar-refractivity contribution in [3.63, 3.8) is 0 Å². The van der Waals surface area contributed by atoms with Gasteiger partial charge in [0, 0.05) is 24.2 Å². The second-order valence-corrected chi connectivity index (χ2v) is 4.61. The average molecular weight is 249 g/mol. The summed E-state index contributed by atoms with van der Waals surface area (Å²) in [5.74, 6) is 1.68. The Labute approximate surface area is 104 Å². The van der Waals surface area contributed by atoms with Gasteiger partial charge in [0.2, 0.25) is 0 Å². The molecule has 0 fully saturated rings. The molecule has 0 saturated carbocycles. The van der Waals surface area contributed by atoms with Gasteiger partial charge in [0.15, 0.2) is 0 Å². The van der Waals surface area contributed by atoms with E-state index in [1.54, 1.807) is 17.7 Å². The summed E-state index contributed by atoms with van der Waals surface area (Å²) in [6.45, 7) is 4.06. The van der Waals surface area contributed by atoms with Crippen LogP contribution in [-0.2, 0) is 0 Å². The third kappa shape index (κ3) is 2.52. The highest BCUT2D eigenvalue weighted by atomic mass is 32.1. The molecule has 0 amide bonds. The SMILES string of the molecule is CNc1ncnc(NC(C)c2nccs2)c1C. The lowest BCUT2D eigenvalue weighted by Crippen LogP contribution is -2.10. The van der Waals surface area contributed by atoms with Crippen molar-refractivity contribution in [3.8, 4) is 0 Å². The Morgan fingerprint density at radius 2 is 2.00 bits per heavy atom. The molecule has 90 valence electrons. The van der Waals surface area contributed by atoms with Crippen LogP contribution in [0.5, 0.6) is 0 Å². The number of hydrogen-bond acceptors (Lipinski definition) is 6. The van der Waals surface area contributed by atoms with Crippen LogP contribution < -0.4 is 10.6 Å². The number of nitrogens with one attached hydrogen (secondary N) is 2. The highest BCUT2D eigenvalue weighted by Gasteiger charge is 2.11. The molecule has 2 aromatic rings. The molecule has 5 nitrogen and oxygen atoms in total. The first-order chi connectivity index (χ1) is 8.22. The molecule has 2 rings (SSSR count). The quantitative estimate of drug-likeness (QED) is 0.871. The van der Waals surface area contributed by atoms with E-state index in [9.17, 15) is 0 Å². The maximum absolute atomic E-state index is 4.28. The maximum atomic E-state index is 4.28. The van der Waals surface area contributed by atoms with Gasteiger partial charge < -0.3 is 10.6 Å². The molecule has 17 heavy (non-hydrogen) atoms. The predicted octanol–water partition coefficient (Wildman–Crippen LogP) is 2.46. The first-order valence-corrected chi connectivity index (χ1v) is 6.25. The van der Waals surface area contributed by atoms with E-state index in [4.69, 9.17) is 0 Å². The maximum Gasteiger partial charge on any atom is 0.134 e. The van der Waals surface area contributed by atoms with E-state index in [2.05, 4.69) is 32.5 Å². The van der Waals surface area contributed by atoms with Crippen LogP contribution in [0.25, 0.3) is 0 Å². The van der Waals surface area contributed by atoms with E-state index in [1.807, 2.05) is 25.5 Å². The van der Waals surface area contributed by atoms with Crippen molar-refractivity contribution >= 4 is 23.0 Å². The largest absolute Gasteiger partial charge is 0.373 e. The minimum Gasteiger partial charge on any atom is -0.373 e. The molecule has 0 radical (unpaired) electrons. The molecule has 0 aliphatic heterocycles. The second-order valence-electron chi connectivity index (χ2n) is 3.68. The molecule has 2 aromatic heterocycles. The van der Waals surface area contributed by atoms with E-state index < -0.39 is 0 Å². The zero-order valence-electron chi connectivity index (χ0n) is 10.1. The fourth-order valence-electron chi connectivity index (χ4n) is 1.56. The normalized spacial score (nSPS) is 12.2. The van der Waals surface area contributed by atoms with Crippen molar-refractivity contribution in [3.05, 3.63) is 28.5 Å². The summed E-state index contributed by atoms with van der Waals surface area (Å²) in [5, 5.41) is 9.41. The third-order valence-electron chi connectivity index (χ3n) is 2.50. The number of anilines is 2. The minimum atomic E-state index is 0.147. The van der Waals surface area contributed by atoms with Crippen LogP contribution in [-0.4, -0.2) is 22.0 Å². The Balaban J connectivity index is 2.19. The smallest absolute Gasteiger partial charge is 0.134 e. The molecule has 0 aromatic carbocycles. The van der Waals surface area contributed by atoms with E-state index in [-0.39, 0.29) is 6.04 Å². The van der Waals surface area contributed by atoms with E-state index in [0.29, 0.717) is 0 Å².